The Balaban J connectivity index is 1.91. The van der Waals surface area contributed by atoms with Crippen molar-refractivity contribution >= 4 is 6.03 Å². The van der Waals surface area contributed by atoms with Crippen LogP contribution in [0.15, 0.2) is 18.3 Å². The first kappa shape index (κ1) is 19.3. The van der Waals surface area contributed by atoms with Gasteiger partial charge in [0, 0.05) is 18.3 Å². The smallest absolute Gasteiger partial charge is 0.425 e. The number of urea groups is 1. The third-order valence-electron chi connectivity index (χ3n) is 4.31. The normalized spacial score (nSPS) is 18.3. The summed E-state index contributed by atoms with van der Waals surface area (Å²) in [5, 5.41) is 5.74. The number of nitrogens with zero attached hydrogens (tertiary/aromatic N) is 1. The molecule has 1 fully saturated rings. The van der Waals surface area contributed by atoms with Gasteiger partial charge in [0.1, 0.15) is 0 Å². The first-order valence-electron chi connectivity index (χ1n) is 8.52. The first-order chi connectivity index (χ1) is 11.8. The second kappa shape index (κ2) is 8.40. The molecule has 1 heterocycles. The molecule has 0 aliphatic heterocycles. The van der Waals surface area contributed by atoms with Gasteiger partial charge in [-0.15, -0.1) is 0 Å². The molecule has 5 nitrogen and oxygen atoms in total. The number of alkyl halides is 3. The monoisotopic (exact) mass is 359 g/mol. The molecule has 2 unspecified atom stereocenters. The Morgan fingerprint density at radius 1 is 1.28 bits per heavy atom. The quantitative estimate of drug-likeness (QED) is 0.832. The van der Waals surface area contributed by atoms with Crippen LogP contribution in [0.25, 0.3) is 0 Å². The molecule has 8 heteroatoms. The molecule has 0 radical (unpaired) electrons. The topological polar surface area (TPSA) is 63.2 Å². The van der Waals surface area contributed by atoms with Crippen LogP contribution in [-0.2, 0) is 0 Å². The SMILES string of the molecule is CC(NC(=O)NC1CCCCC1)c1ccnc(OC(C)C(F)(F)F)c1. The van der Waals surface area contributed by atoms with Crippen LogP contribution in [-0.4, -0.2) is 29.3 Å². The van der Waals surface area contributed by atoms with E-state index >= 15 is 0 Å². The van der Waals surface area contributed by atoms with Crippen LogP contribution in [0.3, 0.4) is 0 Å². The van der Waals surface area contributed by atoms with Crippen molar-refractivity contribution in [1.29, 1.82) is 0 Å². The largest absolute Gasteiger partial charge is 0.465 e. The van der Waals surface area contributed by atoms with E-state index in [4.69, 9.17) is 4.74 Å². The van der Waals surface area contributed by atoms with Crippen LogP contribution in [0.5, 0.6) is 5.88 Å². The highest BCUT2D eigenvalue weighted by atomic mass is 19.4. The third kappa shape index (κ3) is 6.10. The Morgan fingerprint density at radius 2 is 1.96 bits per heavy atom. The molecule has 1 aromatic heterocycles. The zero-order chi connectivity index (χ0) is 18.4. The Bertz CT molecular complexity index is 575. The van der Waals surface area contributed by atoms with E-state index < -0.39 is 12.3 Å². The summed E-state index contributed by atoms with van der Waals surface area (Å²) in [6, 6.07) is 2.58. The number of carbonyl (C=O) groups excluding carboxylic acids is 1. The van der Waals surface area contributed by atoms with Crippen LogP contribution >= 0.6 is 0 Å². The summed E-state index contributed by atoms with van der Waals surface area (Å²) in [6.07, 6.45) is 0.340. The summed E-state index contributed by atoms with van der Waals surface area (Å²) in [7, 11) is 0. The number of pyridine rings is 1. The van der Waals surface area contributed by atoms with E-state index in [1.54, 1.807) is 13.0 Å². The number of rotatable bonds is 5. The molecule has 25 heavy (non-hydrogen) atoms. The summed E-state index contributed by atoms with van der Waals surface area (Å²) in [5.74, 6) is -0.122. The lowest BCUT2D eigenvalue weighted by Crippen LogP contribution is -2.43. The number of aromatic nitrogens is 1. The summed E-state index contributed by atoms with van der Waals surface area (Å²) in [5.41, 5.74) is 0.623. The van der Waals surface area contributed by atoms with Crippen LogP contribution < -0.4 is 15.4 Å². The molecule has 1 aromatic rings. The Kier molecular flexibility index (Phi) is 6.50. The minimum atomic E-state index is -4.46. The molecule has 0 aromatic carbocycles. The molecule has 1 saturated carbocycles. The standard InChI is InChI=1S/C17H24F3N3O2/c1-11(22-16(24)23-14-6-4-3-5-7-14)13-8-9-21-15(10-13)25-12(2)17(18,19)20/h8-12,14H,3-7H2,1-2H3,(H2,22,23,24). The lowest BCUT2D eigenvalue weighted by molar-refractivity contribution is -0.190. The maximum atomic E-state index is 12.6. The second-order valence-electron chi connectivity index (χ2n) is 6.40. The predicted octanol–water partition coefficient (Wildman–Crippen LogP) is 4.10. The molecular formula is C17H24F3N3O2. The highest BCUT2D eigenvalue weighted by Gasteiger charge is 2.38. The number of hydrogen-bond acceptors (Lipinski definition) is 3. The molecule has 1 aliphatic rings. The van der Waals surface area contributed by atoms with Crippen LogP contribution in [0.1, 0.15) is 57.6 Å². The summed E-state index contributed by atoms with van der Waals surface area (Å²) < 4.78 is 42.5. The third-order valence-corrected chi connectivity index (χ3v) is 4.31. The van der Waals surface area contributed by atoms with E-state index in [1.165, 1.54) is 18.7 Å². The van der Waals surface area contributed by atoms with Crippen molar-refractivity contribution in [2.75, 3.05) is 0 Å². The Hall–Kier alpha value is -1.99. The Labute approximate surface area is 145 Å². The highest BCUT2D eigenvalue weighted by molar-refractivity contribution is 5.74. The predicted molar refractivity (Wildman–Crippen MR) is 87.3 cm³/mol. The van der Waals surface area contributed by atoms with Gasteiger partial charge in [0.25, 0.3) is 0 Å². The van der Waals surface area contributed by atoms with Gasteiger partial charge in [-0.25, -0.2) is 9.78 Å². The maximum absolute atomic E-state index is 12.6. The number of hydrogen-bond donors (Lipinski definition) is 2. The van der Waals surface area contributed by atoms with E-state index in [1.807, 2.05) is 0 Å². The molecule has 1 aliphatic carbocycles. The Morgan fingerprint density at radius 3 is 2.60 bits per heavy atom. The van der Waals surface area contributed by atoms with Crippen molar-refractivity contribution in [2.45, 2.75) is 70.3 Å². The molecule has 0 saturated heterocycles. The van der Waals surface area contributed by atoms with Crippen LogP contribution in [0, 0.1) is 0 Å². The molecule has 2 N–H and O–H groups in total. The first-order valence-corrected chi connectivity index (χ1v) is 8.52. The van der Waals surface area contributed by atoms with E-state index in [9.17, 15) is 18.0 Å². The molecule has 2 amide bonds. The summed E-state index contributed by atoms with van der Waals surface area (Å²) in [6.45, 7) is 2.68. The van der Waals surface area contributed by atoms with Gasteiger partial charge in [0.2, 0.25) is 5.88 Å². The average molecular weight is 359 g/mol. The van der Waals surface area contributed by atoms with E-state index in [0.717, 1.165) is 32.6 Å². The average Bonchev–Trinajstić information content (AvgIpc) is 2.55. The van der Waals surface area contributed by atoms with E-state index in [0.29, 0.717) is 5.56 Å². The number of amides is 2. The fraction of sp³-hybridized carbons (Fsp3) is 0.647. The number of halogens is 3. The lowest BCUT2D eigenvalue weighted by atomic mass is 9.96. The molecule has 140 valence electrons. The summed E-state index contributed by atoms with van der Waals surface area (Å²) in [4.78, 5) is 15.9. The number of carbonyl (C=O) groups is 1. The molecule has 0 bridgehead atoms. The maximum Gasteiger partial charge on any atom is 0.425 e. The van der Waals surface area contributed by atoms with Crippen molar-refractivity contribution in [3.05, 3.63) is 23.9 Å². The van der Waals surface area contributed by atoms with Gasteiger partial charge in [0.05, 0.1) is 6.04 Å². The number of nitrogens with one attached hydrogen (secondary N) is 2. The van der Waals surface area contributed by atoms with E-state index in [2.05, 4.69) is 15.6 Å². The fourth-order valence-corrected chi connectivity index (χ4v) is 2.76. The minimum absolute atomic E-state index is 0.122. The van der Waals surface area contributed by atoms with Crippen molar-refractivity contribution in [1.82, 2.24) is 15.6 Å². The second-order valence-corrected chi connectivity index (χ2v) is 6.40. The van der Waals surface area contributed by atoms with Crippen molar-refractivity contribution in [3.8, 4) is 5.88 Å². The van der Waals surface area contributed by atoms with Crippen molar-refractivity contribution < 1.29 is 22.7 Å². The van der Waals surface area contributed by atoms with Gasteiger partial charge in [-0.3, -0.25) is 0 Å². The molecule has 2 atom stereocenters. The van der Waals surface area contributed by atoms with Gasteiger partial charge in [-0.1, -0.05) is 19.3 Å². The summed E-state index contributed by atoms with van der Waals surface area (Å²) >= 11 is 0. The zero-order valence-corrected chi connectivity index (χ0v) is 14.4. The lowest BCUT2D eigenvalue weighted by Gasteiger charge is -2.24. The van der Waals surface area contributed by atoms with Gasteiger partial charge < -0.3 is 15.4 Å². The van der Waals surface area contributed by atoms with Crippen LogP contribution in [0.2, 0.25) is 0 Å². The van der Waals surface area contributed by atoms with Crippen molar-refractivity contribution in [3.63, 3.8) is 0 Å². The molecular weight excluding hydrogens is 335 g/mol. The molecule has 2 rings (SSSR count). The fourth-order valence-electron chi connectivity index (χ4n) is 2.76. The number of ether oxygens (including phenoxy) is 1. The highest BCUT2D eigenvalue weighted by Crippen LogP contribution is 2.25. The minimum Gasteiger partial charge on any atom is -0.465 e. The van der Waals surface area contributed by atoms with Crippen LogP contribution in [0.4, 0.5) is 18.0 Å². The van der Waals surface area contributed by atoms with E-state index in [-0.39, 0.29) is 24.0 Å². The molecule has 0 spiro atoms. The van der Waals surface area contributed by atoms with Gasteiger partial charge >= 0.3 is 12.2 Å². The van der Waals surface area contributed by atoms with Gasteiger partial charge in [-0.05, 0) is 38.3 Å². The van der Waals surface area contributed by atoms with Gasteiger partial charge in [-0.2, -0.15) is 13.2 Å². The zero-order valence-electron chi connectivity index (χ0n) is 14.4. The van der Waals surface area contributed by atoms with Gasteiger partial charge in [0.15, 0.2) is 6.10 Å². The van der Waals surface area contributed by atoms with Crippen molar-refractivity contribution in [2.24, 2.45) is 0 Å².